The summed E-state index contributed by atoms with van der Waals surface area (Å²) in [5.41, 5.74) is 0.981. The average Bonchev–Trinajstić information content (AvgIpc) is 2.45. The van der Waals surface area contributed by atoms with Crippen LogP contribution in [0.4, 0.5) is 0 Å². The summed E-state index contributed by atoms with van der Waals surface area (Å²) in [4.78, 5) is 14.3. The smallest absolute Gasteiger partial charge is 0.227 e. The highest BCUT2D eigenvalue weighted by molar-refractivity contribution is 6.30. The van der Waals surface area contributed by atoms with Gasteiger partial charge in [0.15, 0.2) is 0 Å². The van der Waals surface area contributed by atoms with Crippen LogP contribution >= 0.6 is 11.6 Å². The monoisotopic (exact) mass is 295 g/mol. The van der Waals surface area contributed by atoms with Gasteiger partial charge in [-0.3, -0.25) is 4.79 Å². The fourth-order valence-electron chi connectivity index (χ4n) is 2.65. The van der Waals surface area contributed by atoms with Crippen molar-refractivity contribution in [3.05, 3.63) is 34.9 Å². The van der Waals surface area contributed by atoms with Gasteiger partial charge in [0.1, 0.15) is 0 Å². The maximum Gasteiger partial charge on any atom is 0.227 e. The van der Waals surface area contributed by atoms with Crippen molar-refractivity contribution >= 4 is 17.5 Å². The van der Waals surface area contributed by atoms with Crippen molar-refractivity contribution in [1.29, 1.82) is 0 Å². The van der Waals surface area contributed by atoms with Gasteiger partial charge in [-0.1, -0.05) is 23.7 Å². The number of rotatable bonds is 5. The van der Waals surface area contributed by atoms with Crippen LogP contribution in [0.5, 0.6) is 0 Å². The van der Waals surface area contributed by atoms with Crippen LogP contribution in [0.25, 0.3) is 0 Å². The molecule has 1 aromatic rings. The van der Waals surface area contributed by atoms with E-state index >= 15 is 0 Å². The number of nitrogens with zero attached hydrogens (tertiary/aromatic N) is 1. The summed E-state index contributed by atoms with van der Waals surface area (Å²) in [6.07, 6.45) is 2.65. The van der Waals surface area contributed by atoms with Crippen LogP contribution in [-0.2, 0) is 16.0 Å². The molecule has 0 radical (unpaired) electrons. The number of likely N-dealkylation sites (tertiary alicyclic amines) is 1. The van der Waals surface area contributed by atoms with E-state index in [1.807, 2.05) is 36.1 Å². The summed E-state index contributed by atoms with van der Waals surface area (Å²) in [5, 5.41) is 0.683. The van der Waals surface area contributed by atoms with Crippen LogP contribution in [0.2, 0.25) is 5.02 Å². The highest BCUT2D eigenvalue weighted by atomic mass is 35.5. The molecule has 0 saturated carbocycles. The van der Waals surface area contributed by atoms with E-state index in [0.29, 0.717) is 17.4 Å². The number of carbonyl (C=O) groups is 1. The van der Waals surface area contributed by atoms with E-state index in [4.69, 9.17) is 16.3 Å². The molecule has 0 aliphatic carbocycles. The third kappa shape index (κ3) is 4.50. The Morgan fingerprint density at radius 3 is 3.10 bits per heavy atom. The fourth-order valence-corrected chi connectivity index (χ4v) is 2.86. The van der Waals surface area contributed by atoms with E-state index in [1.54, 1.807) is 0 Å². The topological polar surface area (TPSA) is 29.5 Å². The standard InChI is InChI=1S/C16H22ClNO2/c1-2-20-12-14-6-4-8-18(11-14)16(19)10-13-5-3-7-15(17)9-13/h3,5,7,9,14H,2,4,6,8,10-12H2,1H3. The molecule has 3 nitrogen and oxygen atoms in total. The van der Waals surface area contributed by atoms with Crippen molar-refractivity contribution < 1.29 is 9.53 Å². The molecule has 0 N–H and O–H groups in total. The van der Waals surface area contributed by atoms with Gasteiger partial charge in [0.2, 0.25) is 5.91 Å². The Morgan fingerprint density at radius 2 is 2.35 bits per heavy atom. The van der Waals surface area contributed by atoms with Gasteiger partial charge in [-0.2, -0.15) is 0 Å². The van der Waals surface area contributed by atoms with Crippen molar-refractivity contribution in [1.82, 2.24) is 4.90 Å². The molecule has 0 aromatic heterocycles. The average molecular weight is 296 g/mol. The minimum absolute atomic E-state index is 0.188. The number of hydrogen-bond donors (Lipinski definition) is 0. The van der Waals surface area contributed by atoms with Crippen molar-refractivity contribution in [2.24, 2.45) is 5.92 Å². The van der Waals surface area contributed by atoms with Crippen molar-refractivity contribution in [2.45, 2.75) is 26.2 Å². The Balaban J connectivity index is 1.88. The molecule has 0 spiro atoms. The van der Waals surface area contributed by atoms with Gasteiger partial charge in [0, 0.05) is 24.7 Å². The Kier molecular flexibility index (Phi) is 5.86. The summed E-state index contributed by atoms with van der Waals surface area (Å²) in [6.45, 7) is 5.19. The van der Waals surface area contributed by atoms with Crippen molar-refractivity contribution in [3.63, 3.8) is 0 Å². The molecule has 4 heteroatoms. The molecule has 110 valence electrons. The second-order valence-corrected chi connectivity index (χ2v) is 5.75. The maximum atomic E-state index is 12.3. The van der Waals surface area contributed by atoms with Crippen LogP contribution in [0, 0.1) is 5.92 Å². The first-order valence-electron chi connectivity index (χ1n) is 7.29. The normalized spacial score (nSPS) is 19.1. The lowest BCUT2D eigenvalue weighted by molar-refractivity contribution is -0.132. The maximum absolute atomic E-state index is 12.3. The lowest BCUT2D eigenvalue weighted by atomic mass is 9.98. The SMILES string of the molecule is CCOCC1CCCN(C(=O)Cc2cccc(Cl)c2)C1. The molecule has 0 bridgehead atoms. The number of ether oxygens (including phenoxy) is 1. The molecule has 2 rings (SSSR count). The number of benzene rings is 1. The zero-order chi connectivity index (χ0) is 14.4. The highest BCUT2D eigenvalue weighted by Crippen LogP contribution is 2.18. The van der Waals surface area contributed by atoms with Gasteiger partial charge in [-0.05, 0) is 43.4 Å². The summed E-state index contributed by atoms with van der Waals surface area (Å²) < 4.78 is 5.48. The largest absolute Gasteiger partial charge is 0.381 e. The molecule has 1 atom stereocenters. The third-order valence-corrected chi connectivity index (χ3v) is 3.91. The van der Waals surface area contributed by atoms with Crippen molar-refractivity contribution in [2.75, 3.05) is 26.3 Å². The molecule has 1 unspecified atom stereocenters. The van der Waals surface area contributed by atoms with Gasteiger partial charge in [-0.25, -0.2) is 0 Å². The Bertz CT molecular complexity index is 450. The summed E-state index contributed by atoms with van der Waals surface area (Å²) in [7, 11) is 0. The number of piperidine rings is 1. The molecule has 1 amide bonds. The van der Waals surface area contributed by atoms with Gasteiger partial charge >= 0.3 is 0 Å². The summed E-state index contributed by atoms with van der Waals surface area (Å²) in [5.74, 6) is 0.667. The first kappa shape index (κ1) is 15.3. The molecular weight excluding hydrogens is 274 g/mol. The quantitative estimate of drug-likeness (QED) is 0.835. The molecule has 1 fully saturated rings. The third-order valence-electron chi connectivity index (χ3n) is 3.67. The van der Waals surface area contributed by atoms with Gasteiger partial charge in [-0.15, -0.1) is 0 Å². The second-order valence-electron chi connectivity index (χ2n) is 5.31. The number of halogens is 1. The molecular formula is C16H22ClNO2. The number of amides is 1. The Morgan fingerprint density at radius 1 is 1.50 bits per heavy atom. The van der Waals surface area contributed by atoms with E-state index < -0.39 is 0 Å². The predicted octanol–water partition coefficient (Wildman–Crippen LogP) is 3.16. The molecule has 1 aliphatic rings. The predicted molar refractivity (Wildman–Crippen MR) is 81.0 cm³/mol. The van der Waals surface area contributed by atoms with E-state index in [-0.39, 0.29) is 5.91 Å². The first-order valence-corrected chi connectivity index (χ1v) is 7.66. The zero-order valence-electron chi connectivity index (χ0n) is 12.0. The van der Waals surface area contributed by atoms with E-state index in [9.17, 15) is 4.79 Å². The number of carbonyl (C=O) groups excluding carboxylic acids is 1. The molecule has 1 heterocycles. The fraction of sp³-hybridized carbons (Fsp3) is 0.562. The number of hydrogen-bond acceptors (Lipinski definition) is 2. The summed E-state index contributed by atoms with van der Waals surface area (Å²) in [6, 6.07) is 7.53. The Hall–Kier alpha value is -1.06. The molecule has 1 aromatic carbocycles. The van der Waals surface area contributed by atoms with Crippen LogP contribution in [0.1, 0.15) is 25.3 Å². The summed E-state index contributed by atoms with van der Waals surface area (Å²) >= 11 is 5.95. The van der Waals surface area contributed by atoms with Crippen molar-refractivity contribution in [3.8, 4) is 0 Å². The van der Waals surface area contributed by atoms with Crippen LogP contribution in [0.3, 0.4) is 0 Å². The zero-order valence-corrected chi connectivity index (χ0v) is 12.7. The van der Waals surface area contributed by atoms with E-state index in [0.717, 1.165) is 44.7 Å². The van der Waals surface area contributed by atoms with Gasteiger partial charge in [0.05, 0.1) is 13.0 Å². The van der Waals surface area contributed by atoms with Crippen LogP contribution < -0.4 is 0 Å². The van der Waals surface area contributed by atoms with Crippen LogP contribution in [0.15, 0.2) is 24.3 Å². The lowest BCUT2D eigenvalue weighted by Gasteiger charge is -2.32. The second kappa shape index (κ2) is 7.65. The van der Waals surface area contributed by atoms with Gasteiger partial charge in [0.25, 0.3) is 0 Å². The van der Waals surface area contributed by atoms with Gasteiger partial charge < -0.3 is 9.64 Å². The van der Waals surface area contributed by atoms with Crippen LogP contribution in [-0.4, -0.2) is 37.1 Å². The molecule has 1 aliphatic heterocycles. The molecule has 1 saturated heterocycles. The van der Waals surface area contributed by atoms with E-state index in [1.165, 1.54) is 0 Å². The minimum atomic E-state index is 0.188. The first-order chi connectivity index (χ1) is 9.69. The Labute approximate surface area is 125 Å². The highest BCUT2D eigenvalue weighted by Gasteiger charge is 2.23. The van der Waals surface area contributed by atoms with E-state index in [2.05, 4.69) is 0 Å². The minimum Gasteiger partial charge on any atom is -0.381 e. The lowest BCUT2D eigenvalue weighted by Crippen LogP contribution is -2.42. The molecule has 20 heavy (non-hydrogen) atoms.